The average Bonchev–Trinajstić information content (AvgIpc) is 2.70. The molecular weight excluding hydrogens is 233 g/mol. The second kappa shape index (κ2) is 5.06. The van der Waals surface area contributed by atoms with Crippen molar-refractivity contribution in [2.45, 2.75) is 19.9 Å². The lowest BCUT2D eigenvalue weighted by Gasteiger charge is -2.24. The molecule has 1 aliphatic rings. The van der Waals surface area contributed by atoms with E-state index in [1.807, 2.05) is 19.9 Å². The van der Waals surface area contributed by atoms with Crippen LogP contribution in [0.2, 0.25) is 0 Å². The molecule has 1 heterocycles. The van der Waals surface area contributed by atoms with E-state index in [9.17, 15) is 9.18 Å². The molecule has 1 aromatic rings. The summed E-state index contributed by atoms with van der Waals surface area (Å²) < 4.78 is 13.2. The molecule has 18 heavy (non-hydrogen) atoms. The summed E-state index contributed by atoms with van der Waals surface area (Å²) in [6, 6.07) is 6.56. The van der Waals surface area contributed by atoms with E-state index >= 15 is 0 Å². The molecule has 1 N–H and O–H groups in total. The molecule has 3 atom stereocenters. The number of carbonyl (C=O) groups is 1. The van der Waals surface area contributed by atoms with Crippen molar-refractivity contribution in [1.29, 1.82) is 0 Å². The van der Waals surface area contributed by atoms with Crippen molar-refractivity contribution in [3.8, 4) is 0 Å². The first-order valence-corrected chi connectivity index (χ1v) is 6.21. The molecule has 1 fully saturated rings. The smallest absolute Gasteiger partial charge is 0.308 e. The zero-order chi connectivity index (χ0) is 13.3. The average molecular weight is 251 g/mol. The van der Waals surface area contributed by atoms with Gasteiger partial charge in [0.1, 0.15) is 5.82 Å². The molecule has 3 unspecified atom stereocenters. The summed E-state index contributed by atoms with van der Waals surface area (Å²) in [7, 11) is 0. The number of aliphatic carboxylic acids is 1. The molecule has 2 rings (SSSR count). The van der Waals surface area contributed by atoms with Gasteiger partial charge >= 0.3 is 5.97 Å². The van der Waals surface area contributed by atoms with Gasteiger partial charge in [0.25, 0.3) is 0 Å². The first-order valence-electron chi connectivity index (χ1n) is 6.21. The van der Waals surface area contributed by atoms with Gasteiger partial charge in [-0.1, -0.05) is 19.1 Å². The minimum atomic E-state index is -0.739. The predicted octanol–water partition coefficient (Wildman–Crippen LogP) is 2.54. The number of carboxylic acids is 1. The number of nitrogens with zero attached hydrogens (tertiary/aromatic N) is 1. The van der Waals surface area contributed by atoms with Crippen LogP contribution in [0, 0.1) is 17.7 Å². The van der Waals surface area contributed by atoms with E-state index in [2.05, 4.69) is 4.90 Å². The molecule has 3 nitrogen and oxygen atoms in total. The Balaban J connectivity index is 2.11. The third-order valence-electron chi connectivity index (χ3n) is 3.84. The largest absolute Gasteiger partial charge is 0.481 e. The minimum absolute atomic E-state index is 0.0486. The fourth-order valence-electron chi connectivity index (χ4n) is 2.62. The van der Waals surface area contributed by atoms with Gasteiger partial charge in [-0.3, -0.25) is 9.69 Å². The summed E-state index contributed by atoms with van der Waals surface area (Å²) in [4.78, 5) is 13.2. The maximum atomic E-state index is 13.2. The Labute approximate surface area is 106 Å². The minimum Gasteiger partial charge on any atom is -0.481 e. The van der Waals surface area contributed by atoms with Gasteiger partial charge in [0.2, 0.25) is 0 Å². The van der Waals surface area contributed by atoms with Crippen LogP contribution in [0.5, 0.6) is 0 Å². The third-order valence-corrected chi connectivity index (χ3v) is 3.84. The molecule has 0 aromatic heterocycles. The Hall–Kier alpha value is -1.42. The number of rotatable bonds is 3. The van der Waals surface area contributed by atoms with Crippen molar-refractivity contribution in [3.05, 3.63) is 35.6 Å². The summed E-state index contributed by atoms with van der Waals surface area (Å²) in [5.74, 6) is -1.17. The highest BCUT2D eigenvalue weighted by atomic mass is 19.1. The summed E-state index contributed by atoms with van der Waals surface area (Å²) in [5.41, 5.74) is 0.897. The van der Waals surface area contributed by atoms with Crippen molar-refractivity contribution >= 4 is 5.97 Å². The zero-order valence-corrected chi connectivity index (χ0v) is 10.6. The van der Waals surface area contributed by atoms with E-state index in [1.54, 1.807) is 6.07 Å². The van der Waals surface area contributed by atoms with Crippen molar-refractivity contribution in [2.75, 3.05) is 13.1 Å². The van der Waals surface area contributed by atoms with Crippen LogP contribution in [0.4, 0.5) is 4.39 Å². The van der Waals surface area contributed by atoms with Crippen LogP contribution in [-0.4, -0.2) is 29.1 Å². The van der Waals surface area contributed by atoms with Crippen molar-refractivity contribution < 1.29 is 14.3 Å². The highest BCUT2D eigenvalue weighted by Crippen LogP contribution is 2.31. The van der Waals surface area contributed by atoms with Crippen molar-refractivity contribution in [2.24, 2.45) is 11.8 Å². The van der Waals surface area contributed by atoms with Crippen molar-refractivity contribution in [3.63, 3.8) is 0 Å². The second-order valence-corrected chi connectivity index (χ2v) is 5.11. The first-order chi connectivity index (χ1) is 8.49. The first kappa shape index (κ1) is 13.0. The quantitative estimate of drug-likeness (QED) is 0.897. The second-order valence-electron chi connectivity index (χ2n) is 5.11. The summed E-state index contributed by atoms with van der Waals surface area (Å²) in [6.07, 6.45) is 0. The standard InChI is InChI=1S/C14H18FNO2/c1-9-7-16(8-13(9)14(17)18)10(2)11-4-3-5-12(15)6-11/h3-6,9-10,13H,7-8H2,1-2H3,(H,17,18). The van der Waals surface area contributed by atoms with Gasteiger partial charge in [-0.05, 0) is 30.5 Å². The van der Waals surface area contributed by atoms with Gasteiger partial charge < -0.3 is 5.11 Å². The number of benzene rings is 1. The lowest BCUT2D eigenvalue weighted by molar-refractivity contribution is -0.142. The van der Waals surface area contributed by atoms with Crippen LogP contribution in [-0.2, 0) is 4.79 Å². The Morgan fingerprint density at radius 3 is 2.78 bits per heavy atom. The van der Waals surface area contributed by atoms with Gasteiger partial charge in [-0.2, -0.15) is 0 Å². The van der Waals surface area contributed by atoms with Gasteiger partial charge in [0, 0.05) is 19.1 Å². The SMILES string of the molecule is CC1CN(C(C)c2cccc(F)c2)CC1C(=O)O. The van der Waals surface area contributed by atoms with E-state index in [4.69, 9.17) is 5.11 Å². The number of hydrogen-bond donors (Lipinski definition) is 1. The molecule has 1 saturated heterocycles. The predicted molar refractivity (Wildman–Crippen MR) is 66.7 cm³/mol. The van der Waals surface area contributed by atoms with Crippen LogP contribution in [0.3, 0.4) is 0 Å². The normalized spacial score (nSPS) is 26.2. The van der Waals surface area contributed by atoms with Crippen molar-refractivity contribution in [1.82, 2.24) is 4.90 Å². The Morgan fingerprint density at radius 2 is 2.22 bits per heavy atom. The number of halogens is 1. The molecule has 0 spiro atoms. The monoisotopic (exact) mass is 251 g/mol. The van der Waals surface area contributed by atoms with E-state index in [0.29, 0.717) is 6.54 Å². The molecule has 0 saturated carbocycles. The zero-order valence-electron chi connectivity index (χ0n) is 10.6. The van der Waals surface area contributed by atoms with Crippen LogP contribution >= 0.6 is 0 Å². The fraction of sp³-hybridized carbons (Fsp3) is 0.500. The lowest BCUT2D eigenvalue weighted by Crippen LogP contribution is -2.26. The van der Waals surface area contributed by atoms with Gasteiger partial charge in [-0.25, -0.2) is 4.39 Å². The lowest BCUT2D eigenvalue weighted by atomic mass is 9.99. The van der Waals surface area contributed by atoms with E-state index in [-0.39, 0.29) is 23.7 Å². The summed E-state index contributed by atoms with van der Waals surface area (Å²) >= 11 is 0. The van der Waals surface area contributed by atoms with Gasteiger partial charge in [-0.15, -0.1) is 0 Å². The Morgan fingerprint density at radius 1 is 1.50 bits per heavy atom. The maximum Gasteiger partial charge on any atom is 0.308 e. The van der Waals surface area contributed by atoms with Gasteiger partial charge in [0.15, 0.2) is 0 Å². The molecule has 1 aliphatic heterocycles. The molecule has 98 valence electrons. The highest BCUT2D eigenvalue weighted by Gasteiger charge is 2.36. The number of carboxylic acid groups (broad SMARTS) is 1. The van der Waals surface area contributed by atoms with E-state index in [0.717, 1.165) is 12.1 Å². The molecule has 0 aliphatic carbocycles. The molecule has 0 radical (unpaired) electrons. The summed E-state index contributed by atoms with van der Waals surface area (Å²) in [6.45, 7) is 5.23. The van der Waals surface area contributed by atoms with E-state index < -0.39 is 5.97 Å². The molecule has 1 aromatic carbocycles. The molecule has 0 bridgehead atoms. The topological polar surface area (TPSA) is 40.5 Å². The molecule has 0 amide bonds. The van der Waals surface area contributed by atoms with Crippen LogP contribution < -0.4 is 0 Å². The van der Waals surface area contributed by atoms with Gasteiger partial charge in [0.05, 0.1) is 5.92 Å². The van der Waals surface area contributed by atoms with Crippen LogP contribution in [0.15, 0.2) is 24.3 Å². The Kier molecular flexibility index (Phi) is 3.66. The number of hydrogen-bond acceptors (Lipinski definition) is 2. The molecular formula is C14H18FNO2. The maximum absolute atomic E-state index is 13.2. The van der Waals surface area contributed by atoms with E-state index in [1.165, 1.54) is 12.1 Å². The fourth-order valence-corrected chi connectivity index (χ4v) is 2.62. The highest BCUT2D eigenvalue weighted by molar-refractivity contribution is 5.71. The molecule has 4 heteroatoms. The number of likely N-dealkylation sites (tertiary alicyclic amines) is 1. The Bertz CT molecular complexity index is 449. The van der Waals surface area contributed by atoms with Crippen LogP contribution in [0.25, 0.3) is 0 Å². The van der Waals surface area contributed by atoms with Crippen LogP contribution in [0.1, 0.15) is 25.5 Å². The third kappa shape index (κ3) is 2.53. The summed E-state index contributed by atoms with van der Waals surface area (Å²) in [5, 5.41) is 9.11.